The third-order valence-corrected chi connectivity index (χ3v) is 9.99. The topological polar surface area (TPSA) is 16.4 Å². The van der Waals surface area contributed by atoms with Crippen LogP contribution in [-0.4, -0.2) is 0 Å². The van der Waals surface area contributed by atoms with Gasteiger partial charge in [-0.05, 0) is 80.5 Å². The number of hydrogen-bond acceptors (Lipinski definition) is 2. The lowest BCUT2D eigenvalue weighted by atomic mass is 9.97. The van der Waals surface area contributed by atoms with Crippen LogP contribution in [0.2, 0.25) is 0 Å². The quantitative estimate of drug-likeness (QED) is 0.187. The first kappa shape index (κ1) is 28.4. The van der Waals surface area contributed by atoms with Gasteiger partial charge in [0, 0.05) is 33.0 Å². The largest absolute Gasteiger partial charge is 0.455 e. The molecule has 0 atom stereocenters. The first-order valence-electron chi connectivity index (χ1n) is 17.1. The Bertz CT molecular complexity index is 2890. The molecule has 0 spiro atoms. The second-order valence-electron chi connectivity index (χ2n) is 12.9. The van der Waals surface area contributed by atoms with Gasteiger partial charge in [-0.1, -0.05) is 146 Å². The van der Waals surface area contributed by atoms with Crippen molar-refractivity contribution in [1.29, 1.82) is 0 Å². The number of furan rings is 1. The summed E-state index contributed by atoms with van der Waals surface area (Å²) in [4.78, 5) is 2.41. The van der Waals surface area contributed by atoms with Crippen molar-refractivity contribution in [2.24, 2.45) is 0 Å². The Hall–Kier alpha value is -6.64. The van der Waals surface area contributed by atoms with Crippen molar-refractivity contribution in [3.05, 3.63) is 188 Å². The molecule has 1 aromatic heterocycles. The molecule has 10 aromatic rings. The highest BCUT2D eigenvalue weighted by Crippen LogP contribution is 2.46. The van der Waals surface area contributed by atoms with Crippen LogP contribution in [0, 0.1) is 0 Å². The lowest BCUT2D eigenvalue weighted by molar-refractivity contribution is 0.670. The average Bonchev–Trinajstić information content (AvgIpc) is 3.55. The summed E-state index contributed by atoms with van der Waals surface area (Å²) in [6.45, 7) is 0. The molecule has 0 amide bonds. The number of rotatable bonds is 5. The van der Waals surface area contributed by atoms with Crippen LogP contribution < -0.4 is 4.90 Å². The van der Waals surface area contributed by atoms with Crippen LogP contribution in [0.25, 0.3) is 76.5 Å². The number of anilines is 3. The van der Waals surface area contributed by atoms with E-state index in [9.17, 15) is 0 Å². The predicted octanol–water partition coefficient (Wildman–Crippen LogP) is 13.8. The van der Waals surface area contributed by atoms with Gasteiger partial charge in [-0.3, -0.25) is 0 Å². The Balaban J connectivity index is 1.21. The minimum atomic E-state index is 0.896. The van der Waals surface area contributed by atoms with Crippen molar-refractivity contribution in [1.82, 2.24) is 0 Å². The number of nitrogens with zero attached hydrogens (tertiary/aromatic N) is 1. The molecule has 0 aliphatic carbocycles. The van der Waals surface area contributed by atoms with Gasteiger partial charge in [-0.25, -0.2) is 0 Å². The Morgan fingerprint density at radius 1 is 0.340 bits per heavy atom. The maximum atomic E-state index is 6.76. The Kier molecular flexibility index (Phi) is 6.53. The standard InChI is InChI=1S/C48H31NO/c1-2-14-34-28-38(27-26-32(34)12-1)35-18-9-19-39(29-35)49(45-25-10-17-33-13-5-6-20-40(33)45)46-24-8-7-21-41(46)42-22-11-23-43-44-30-36-15-3-4-16-37(36)31-47(44)50-48(42)43/h1-31H. The number of benzene rings is 9. The first-order chi connectivity index (χ1) is 24.8. The summed E-state index contributed by atoms with van der Waals surface area (Å²) in [6.07, 6.45) is 0. The van der Waals surface area contributed by atoms with Gasteiger partial charge in [0.15, 0.2) is 0 Å². The lowest BCUT2D eigenvalue weighted by Crippen LogP contribution is -2.12. The number of hydrogen-bond donors (Lipinski definition) is 0. The zero-order valence-electron chi connectivity index (χ0n) is 27.3. The molecule has 50 heavy (non-hydrogen) atoms. The van der Waals surface area contributed by atoms with Gasteiger partial charge in [0.1, 0.15) is 11.2 Å². The summed E-state index contributed by atoms with van der Waals surface area (Å²) in [5.74, 6) is 0. The van der Waals surface area contributed by atoms with Gasteiger partial charge in [0.2, 0.25) is 0 Å². The first-order valence-corrected chi connectivity index (χ1v) is 17.1. The van der Waals surface area contributed by atoms with Crippen LogP contribution in [0.3, 0.4) is 0 Å². The van der Waals surface area contributed by atoms with E-state index in [4.69, 9.17) is 4.42 Å². The number of fused-ring (bicyclic) bond motifs is 6. The Morgan fingerprint density at radius 3 is 1.82 bits per heavy atom. The van der Waals surface area contributed by atoms with Crippen molar-refractivity contribution in [2.75, 3.05) is 4.90 Å². The smallest absolute Gasteiger partial charge is 0.143 e. The number of para-hydroxylation sites is 2. The maximum absolute atomic E-state index is 6.76. The van der Waals surface area contributed by atoms with E-state index in [1.165, 1.54) is 43.4 Å². The molecular weight excluding hydrogens is 607 g/mol. The molecule has 9 aromatic carbocycles. The molecule has 1 heterocycles. The molecular formula is C48H31NO. The zero-order valence-corrected chi connectivity index (χ0v) is 27.3. The summed E-state index contributed by atoms with van der Waals surface area (Å²) in [6, 6.07) is 67.6. The summed E-state index contributed by atoms with van der Waals surface area (Å²) in [5.41, 5.74) is 9.61. The predicted molar refractivity (Wildman–Crippen MR) is 212 cm³/mol. The SMILES string of the molecule is c1cc(-c2ccc3ccccc3c2)cc(N(c2ccccc2-c2cccc3c2oc2cc4ccccc4cc23)c2cccc3ccccc23)c1. The van der Waals surface area contributed by atoms with Crippen molar-refractivity contribution < 1.29 is 4.42 Å². The van der Waals surface area contributed by atoms with Crippen LogP contribution in [-0.2, 0) is 0 Å². The molecule has 2 heteroatoms. The van der Waals surface area contributed by atoms with Crippen molar-refractivity contribution >= 4 is 71.3 Å². The molecule has 0 saturated carbocycles. The van der Waals surface area contributed by atoms with E-state index in [1.54, 1.807) is 0 Å². The fourth-order valence-electron chi connectivity index (χ4n) is 7.60. The normalized spacial score (nSPS) is 11.6. The third kappa shape index (κ3) is 4.65. The molecule has 0 radical (unpaired) electrons. The van der Waals surface area contributed by atoms with Gasteiger partial charge in [0.25, 0.3) is 0 Å². The van der Waals surface area contributed by atoms with Gasteiger partial charge in [-0.15, -0.1) is 0 Å². The molecule has 234 valence electrons. The average molecular weight is 638 g/mol. The minimum Gasteiger partial charge on any atom is -0.455 e. The fraction of sp³-hybridized carbons (Fsp3) is 0. The highest BCUT2D eigenvalue weighted by Gasteiger charge is 2.22. The molecule has 0 aliphatic rings. The third-order valence-electron chi connectivity index (χ3n) is 9.99. The van der Waals surface area contributed by atoms with Crippen LogP contribution in [0.5, 0.6) is 0 Å². The Labute approximate surface area is 290 Å². The van der Waals surface area contributed by atoms with Crippen molar-refractivity contribution in [3.8, 4) is 22.3 Å². The molecule has 0 N–H and O–H groups in total. The van der Waals surface area contributed by atoms with Gasteiger partial charge < -0.3 is 9.32 Å². The second-order valence-corrected chi connectivity index (χ2v) is 12.9. The summed E-state index contributed by atoms with van der Waals surface area (Å²) < 4.78 is 6.76. The molecule has 0 fully saturated rings. The van der Waals surface area contributed by atoms with E-state index in [0.717, 1.165) is 50.1 Å². The van der Waals surface area contributed by atoms with Crippen LogP contribution >= 0.6 is 0 Å². The summed E-state index contributed by atoms with van der Waals surface area (Å²) >= 11 is 0. The molecule has 2 nitrogen and oxygen atoms in total. The molecule has 0 aliphatic heterocycles. The van der Waals surface area contributed by atoms with E-state index >= 15 is 0 Å². The monoisotopic (exact) mass is 637 g/mol. The summed E-state index contributed by atoms with van der Waals surface area (Å²) in [7, 11) is 0. The molecule has 10 rings (SSSR count). The lowest BCUT2D eigenvalue weighted by Gasteiger charge is -2.29. The van der Waals surface area contributed by atoms with Crippen molar-refractivity contribution in [2.45, 2.75) is 0 Å². The van der Waals surface area contributed by atoms with Gasteiger partial charge in [0.05, 0.1) is 11.4 Å². The van der Waals surface area contributed by atoms with E-state index in [2.05, 4.69) is 193 Å². The molecule has 0 saturated heterocycles. The summed E-state index contributed by atoms with van der Waals surface area (Å²) in [5, 5.41) is 9.50. The van der Waals surface area contributed by atoms with Crippen molar-refractivity contribution in [3.63, 3.8) is 0 Å². The Morgan fingerprint density at radius 2 is 0.940 bits per heavy atom. The minimum absolute atomic E-state index is 0.896. The van der Waals surface area contributed by atoms with E-state index < -0.39 is 0 Å². The van der Waals surface area contributed by atoms with Crippen LogP contribution in [0.4, 0.5) is 17.1 Å². The maximum Gasteiger partial charge on any atom is 0.143 e. The fourth-order valence-corrected chi connectivity index (χ4v) is 7.60. The van der Waals surface area contributed by atoms with E-state index in [1.807, 2.05) is 0 Å². The van der Waals surface area contributed by atoms with Crippen LogP contribution in [0.1, 0.15) is 0 Å². The van der Waals surface area contributed by atoms with E-state index in [-0.39, 0.29) is 0 Å². The second kappa shape index (κ2) is 11.5. The highest BCUT2D eigenvalue weighted by atomic mass is 16.3. The molecule has 0 bridgehead atoms. The highest BCUT2D eigenvalue weighted by molar-refractivity contribution is 6.14. The zero-order chi connectivity index (χ0) is 33.0. The van der Waals surface area contributed by atoms with Gasteiger partial charge in [-0.2, -0.15) is 0 Å². The molecule has 0 unspecified atom stereocenters. The van der Waals surface area contributed by atoms with Gasteiger partial charge >= 0.3 is 0 Å². The van der Waals surface area contributed by atoms with E-state index in [0.29, 0.717) is 0 Å². The van der Waals surface area contributed by atoms with Crippen LogP contribution in [0.15, 0.2) is 192 Å².